The van der Waals surface area contributed by atoms with E-state index in [4.69, 9.17) is 4.74 Å². The lowest BCUT2D eigenvalue weighted by Gasteiger charge is -2.26. The Morgan fingerprint density at radius 3 is 2.67 bits per heavy atom. The van der Waals surface area contributed by atoms with Crippen LogP contribution in [0.1, 0.15) is 18.1 Å². The smallest absolute Gasteiger partial charge is 0.268 e. The van der Waals surface area contributed by atoms with Crippen LogP contribution in [0, 0.1) is 0 Å². The van der Waals surface area contributed by atoms with E-state index in [1.165, 1.54) is 0 Å². The van der Waals surface area contributed by atoms with Gasteiger partial charge in [-0.2, -0.15) is 0 Å². The van der Waals surface area contributed by atoms with Crippen molar-refractivity contribution < 1.29 is 4.74 Å². The van der Waals surface area contributed by atoms with Crippen LogP contribution >= 0.6 is 0 Å². The molecule has 4 nitrogen and oxygen atoms in total. The number of allylic oxidation sites excluding steroid dienone is 1. The van der Waals surface area contributed by atoms with Crippen molar-refractivity contribution in [3.8, 4) is 5.75 Å². The quantitative estimate of drug-likeness (QED) is 0.809. The molecular weight excluding hydrogens is 266 g/mol. The second kappa shape index (κ2) is 5.05. The number of hydrogen-bond acceptors (Lipinski definition) is 4. The number of para-hydroxylation sites is 1. The molecule has 1 aliphatic rings. The van der Waals surface area contributed by atoms with Gasteiger partial charge >= 0.3 is 0 Å². The molecule has 0 radical (unpaired) electrons. The van der Waals surface area contributed by atoms with E-state index in [-0.39, 0.29) is 5.75 Å². The second-order valence-electron chi connectivity index (χ2n) is 4.85. The molecule has 4 heteroatoms. The first-order valence-corrected chi connectivity index (χ1v) is 6.82. The number of nitrogens with zero attached hydrogens (tertiary/aromatic N) is 1. The molecule has 1 aliphatic heterocycles. The van der Waals surface area contributed by atoms with Gasteiger partial charge in [-0.3, -0.25) is 9.59 Å². The average molecular weight is 281 g/mol. The molecular formula is C17H15NO3. The normalized spacial score (nSPS) is 15.5. The predicted molar refractivity (Wildman–Crippen MR) is 84.4 cm³/mol. The Morgan fingerprint density at radius 2 is 1.90 bits per heavy atom. The number of benzene rings is 1. The highest BCUT2D eigenvalue weighted by molar-refractivity contribution is 5.80. The maximum absolute atomic E-state index is 11.7. The minimum atomic E-state index is -0.536. The molecule has 0 aliphatic carbocycles. The van der Waals surface area contributed by atoms with Crippen molar-refractivity contribution in [1.82, 2.24) is 0 Å². The van der Waals surface area contributed by atoms with Crippen molar-refractivity contribution in [2.24, 2.45) is 0 Å². The molecule has 21 heavy (non-hydrogen) atoms. The summed E-state index contributed by atoms with van der Waals surface area (Å²) >= 11 is 0. The molecule has 0 fully saturated rings. The van der Waals surface area contributed by atoms with E-state index < -0.39 is 10.9 Å². The Labute approximate surface area is 122 Å². The van der Waals surface area contributed by atoms with Crippen molar-refractivity contribution in [3.63, 3.8) is 0 Å². The minimum Gasteiger partial charge on any atom is -0.489 e. The molecule has 0 atom stereocenters. The Balaban J connectivity index is 2.02. The van der Waals surface area contributed by atoms with Crippen LogP contribution in [-0.4, -0.2) is 13.7 Å². The summed E-state index contributed by atoms with van der Waals surface area (Å²) in [4.78, 5) is 25.2. The zero-order valence-electron chi connectivity index (χ0n) is 11.9. The van der Waals surface area contributed by atoms with Crippen LogP contribution in [0.25, 0.3) is 12.2 Å². The van der Waals surface area contributed by atoms with Crippen LogP contribution in [0.15, 0.2) is 45.6 Å². The summed E-state index contributed by atoms with van der Waals surface area (Å²) in [6.07, 6.45) is 5.63. The first-order chi connectivity index (χ1) is 10.1. The van der Waals surface area contributed by atoms with E-state index in [1.807, 2.05) is 48.4 Å². The SMILES string of the molecule is CCOc1c(/C=C2/C=Cc3ccccc3N2C)c(=O)c1=O. The highest BCUT2D eigenvalue weighted by atomic mass is 16.5. The molecule has 0 spiro atoms. The van der Waals surface area contributed by atoms with E-state index in [2.05, 4.69) is 0 Å². The highest BCUT2D eigenvalue weighted by Crippen LogP contribution is 2.30. The lowest BCUT2D eigenvalue weighted by atomic mass is 10.0. The van der Waals surface area contributed by atoms with Crippen molar-refractivity contribution >= 4 is 17.8 Å². The number of rotatable bonds is 3. The summed E-state index contributed by atoms with van der Waals surface area (Å²) in [5, 5.41) is 0. The minimum absolute atomic E-state index is 0.177. The van der Waals surface area contributed by atoms with E-state index in [1.54, 1.807) is 13.0 Å². The van der Waals surface area contributed by atoms with Gasteiger partial charge in [0.1, 0.15) is 0 Å². The molecule has 0 aromatic heterocycles. The van der Waals surface area contributed by atoms with Gasteiger partial charge in [-0.15, -0.1) is 0 Å². The molecule has 0 saturated heterocycles. The second-order valence-corrected chi connectivity index (χ2v) is 4.85. The van der Waals surface area contributed by atoms with Gasteiger partial charge in [-0.25, -0.2) is 0 Å². The molecule has 2 aromatic rings. The standard InChI is InChI=1S/C17H15NO3/c1-3-21-17-13(15(19)16(17)20)10-12-9-8-11-6-4-5-7-14(11)18(12)2/h4-10H,3H2,1-2H3/b12-10-. The summed E-state index contributed by atoms with van der Waals surface area (Å²) in [5.41, 5.74) is 2.36. The fourth-order valence-corrected chi connectivity index (χ4v) is 2.46. The zero-order valence-corrected chi connectivity index (χ0v) is 11.9. The molecule has 0 N–H and O–H groups in total. The Hall–Kier alpha value is -2.62. The lowest BCUT2D eigenvalue weighted by molar-refractivity contribution is 0.332. The molecule has 3 rings (SSSR count). The van der Waals surface area contributed by atoms with Crippen LogP contribution in [0.4, 0.5) is 5.69 Å². The van der Waals surface area contributed by atoms with Gasteiger partial charge in [0.15, 0.2) is 5.75 Å². The van der Waals surface area contributed by atoms with E-state index >= 15 is 0 Å². The third kappa shape index (κ3) is 2.09. The summed E-state index contributed by atoms with van der Waals surface area (Å²) in [7, 11) is 1.93. The molecule has 2 aromatic carbocycles. The van der Waals surface area contributed by atoms with Gasteiger partial charge in [0.05, 0.1) is 12.2 Å². The predicted octanol–water partition coefficient (Wildman–Crippen LogP) is 2.19. The van der Waals surface area contributed by atoms with Crippen molar-refractivity contribution in [3.05, 3.63) is 67.6 Å². The lowest BCUT2D eigenvalue weighted by Crippen LogP contribution is -2.35. The van der Waals surface area contributed by atoms with Crippen molar-refractivity contribution in [2.75, 3.05) is 18.6 Å². The number of fused-ring (bicyclic) bond motifs is 1. The zero-order chi connectivity index (χ0) is 15.0. The van der Waals surface area contributed by atoms with Gasteiger partial charge in [0, 0.05) is 18.4 Å². The van der Waals surface area contributed by atoms with Crippen molar-refractivity contribution in [2.45, 2.75) is 6.92 Å². The van der Waals surface area contributed by atoms with Crippen LogP contribution in [0.3, 0.4) is 0 Å². The molecule has 106 valence electrons. The Morgan fingerprint density at radius 1 is 1.14 bits per heavy atom. The van der Waals surface area contributed by atoms with Gasteiger partial charge in [-0.1, -0.05) is 24.3 Å². The monoisotopic (exact) mass is 281 g/mol. The first-order valence-electron chi connectivity index (χ1n) is 6.82. The van der Waals surface area contributed by atoms with Gasteiger partial charge < -0.3 is 9.64 Å². The highest BCUT2D eigenvalue weighted by Gasteiger charge is 2.22. The number of ether oxygens (including phenoxy) is 1. The topological polar surface area (TPSA) is 46.6 Å². The summed E-state index contributed by atoms with van der Waals surface area (Å²) in [6.45, 7) is 2.16. The molecule has 0 unspecified atom stereocenters. The molecule has 0 amide bonds. The number of likely N-dealkylation sites (N-methyl/N-ethyl adjacent to an activating group) is 1. The Bertz CT molecular complexity index is 823. The largest absolute Gasteiger partial charge is 0.489 e. The molecule has 0 saturated carbocycles. The van der Waals surface area contributed by atoms with E-state index in [9.17, 15) is 9.59 Å². The third-order valence-electron chi connectivity index (χ3n) is 3.60. The maximum atomic E-state index is 11.7. The fourth-order valence-electron chi connectivity index (χ4n) is 2.46. The van der Waals surface area contributed by atoms with Crippen molar-refractivity contribution in [1.29, 1.82) is 0 Å². The first kappa shape index (κ1) is 13.4. The van der Waals surface area contributed by atoms with Crippen LogP contribution in [0.2, 0.25) is 0 Å². The van der Waals surface area contributed by atoms with E-state index in [0.717, 1.165) is 16.9 Å². The summed E-state index contributed by atoms with van der Waals surface area (Å²) < 4.78 is 5.24. The fraction of sp³-hybridized carbons (Fsp3) is 0.176. The van der Waals surface area contributed by atoms with Crippen LogP contribution in [-0.2, 0) is 0 Å². The van der Waals surface area contributed by atoms with E-state index in [0.29, 0.717) is 12.2 Å². The van der Waals surface area contributed by atoms with Gasteiger partial charge in [0.2, 0.25) is 5.43 Å². The average Bonchev–Trinajstić information content (AvgIpc) is 2.52. The number of hydrogen-bond donors (Lipinski definition) is 0. The van der Waals surface area contributed by atoms with Crippen LogP contribution in [0.5, 0.6) is 5.75 Å². The molecule has 1 heterocycles. The maximum Gasteiger partial charge on any atom is 0.268 e. The summed E-state index contributed by atoms with van der Waals surface area (Å²) in [5.74, 6) is 0.177. The molecule has 0 bridgehead atoms. The van der Waals surface area contributed by atoms with Crippen LogP contribution < -0.4 is 20.5 Å². The Kier molecular flexibility index (Phi) is 3.22. The summed E-state index contributed by atoms with van der Waals surface area (Å²) in [6, 6.07) is 7.99. The van der Waals surface area contributed by atoms with Gasteiger partial charge in [-0.05, 0) is 30.7 Å². The van der Waals surface area contributed by atoms with Gasteiger partial charge in [0.25, 0.3) is 5.43 Å². The third-order valence-corrected chi connectivity index (χ3v) is 3.60. The number of anilines is 1.